The molecule has 1 aliphatic carbocycles. The van der Waals surface area contributed by atoms with E-state index in [1.807, 2.05) is 18.2 Å². The summed E-state index contributed by atoms with van der Waals surface area (Å²) >= 11 is 3.72. The topological polar surface area (TPSA) is 85.9 Å². The molecule has 2 aromatic carbocycles. The molecule has 3 N–H and O–H groups in total. The van der Waals surface area contributed by atoms with Gasteiger partial charge in [0.15, 0.2) is 5.78 Å². The summed E-state index contributed by atoms with van der Waals surface area (Å²) in [5.41, 5.74) is 11.6. The largest absolute Gasteiger partial charge is 0.370 e. The summed E-state index contributed by atoms with van der Waals surface area (Å²) in [6, 6.07) is 12.1. The molecule has 1 aliphatic heterocycles. The van der Waals surface area contributed by atoms with Crippen LogP contribution in [0.4, 0.5) is 5.69 Å². The molecule has 3 aromatic rings. The first-order valence-electron chi connectivity index (χ1n) is 10.3. The van der Waals surface area contributed by atoms with Crippen LogP contribution in [0.5, 0.6) is 0 Å². The molecule has 0 radical (unpaired) electrons. The fraction of sp³-hybridized carbons (Fsp3) is 0.333. The monoisotopic (exact) mass is 462 g/mol. The maximum Gasteiger partial charge on any atom is 0.195 e. The lowest BCUT2D eigenvalue weighted by atomic mass is 9.71. The Balaban J connectivity index is 1.68. The summed E-state index contributed by atoms with van der Waals surface area (Å²) in [6.07, 6.45) is 1.94. The fourth-order valence-corrected chi connectivity index (χ4v) is 5.48. The van der Waals surface area contributed by atoms with Crippen molar-refractivity contribution < 1.29 is 4.79 Å². The van der Waals surface area contributed by atoms with Crippen molar-refractivity contribution in [2.75, 3.05) is 18.0 Å². The smallest absolute Gasteiger partial charge is 0.195 e. The Hall–Kier alpha value is -2.62. The number of halogens is 1. The Bertz CT molecular complexity index is 1240. The number of aromatic amines is 1. The van der Waals surface area contributed by atoms with E-state index >= 15 is 0 Å². The summed E-state index contributed by atoms with van der Waals surface area (Å²) in [4.78, 5) is 19.4. The van der Waals surface area contributed by atoms with Crippen molar-refractivity contribution in [2.24, 2.45) is 5.73 Å². The van der Waals surface area contributed by atoms with Gasteiger partial charge in [-0.1, -0.05) is 19.9 Å². The fourth-order valence-electron chi connectivity index (χ4n) is 4.89. The normalized spacial score (nSPS) is 18.2. The van der Waals surface area contributed by atoms with E-state index in [4.69, 9.17) is 5.73 Å². The van der Waals surface area contributed by atoms with Gasteiger partial charge in [0.05, 0.1) is 22.9 Å². The van der Waals surface area contributed by atoms with Crippen molar-refractivity contribution in [3.8, 4) is 6.07 Å². The third-order valence-electron chi connectivity index (χ3n) is 6.66. The third-order valence-corrected chi connectivity index (χ3v) is 7.30. The second-order valence-corrected chi connectivity index (χ2v) is 9.73. The number of anilines is 1. The molecule has 1 aromatic heterocycles. The van der Waals surface area contributed by atoms with E-state index in [2.05, 4.69) is 51.8 Å². The van der Waals surface area contributed by atoms with Crippen molar-refractivity contribution in [1.29, 1.82) is 5.26 Å². The predicted molar refractivity (Wildman–Crippen MR) is 122 cm³/mol. The van der Waals surface area contributed by atoms with Crippen LogP contribution < -0.4 is 10.6 Å². The molecule has 1 saturated heterocycles. The summed E-state index contributed by atoms with van der Waals surface area (Å²) in [6.45, 7) is 6.14. The molecule has 1 fully saturated rings. The number of carbonyl (C=O) groups excluding carboxylic acids is 1. The van der Waals surface area contributed by atoms with Crippen LogP contribution in [0.3, 0.4) is 0 Å². The number of nitrogens with two attached hydrogens (primary N) is 1. The minimum absolute atomic E-state index is 0.0307. The van der Waals surface area contributed by atoms with Crippen LogP contribution in [0.1, 0.15) is 59.4 Å². The van der Waals surface area contributed by atoms with E-state index in [0.29, 0.717) is 5.56 Å². The van der Waals surface area contributed by atoms with Gasteiger partial charge in [-0.25, -0.2) is 0 Å². The second-order valence-electron chi connectivity index (χ2n) is 8.87. The number of carbonyl (C=O) groups is 1. The standard InChI is InChI=1S/C24H23BrN4O/c1-24(2)17-11-20(29-7-5-14(27)6-8-29)18(25)10-16(17)22(30)21-15-4-3-13(12-26)9-19(15)28-23(21)24/h3-4,9-11,14,28H,5-8,27H2,1-2H3. The maximum absolute atomic E-state index is 13.6. The number of H-pyrrole nitrogens is 1. The van der Waals surface area contributed by atoms with Crippen LogP contribution in [0.25, 0.3) is 10.9 Å². The molecular weight excluding hydrogens is 440 g/mol. The number of hydrogen-bond donors (Lipinski definition) is 2. The molecule has 5 nitrogen and oxygen atoms in total. The van der Waals surface area contributed by atoms with E-state index < -0.39 is 0 Å². The third kappa shape index (κ3) is 2.73. The summed E-state index contributed by atoms with van der Waals surface area (Å²) in [5, 5.41) is 10.1. The number of fused-ring (bicyclic) bond motifs is 4. The molecule has 0 saturated carbocycles. The van der Waals surface area contributed by atoms with Gasteiger partial charge in [-0.15, -0.1) is 0 Å². The molecule has 6 heteroatoms. The van der Waals surface area contributed by atoms with E-state index in [1.165, 1.54) is 0 Å². The van der Waals surface area contributed by atoms with Gasteiger partial charge in [-0.3, -0.25) is 4.79 Å². The van der Waals surface area contributed by atoms with Crippen molar-refractivity contribution in [2.45, 2.75) is 38.1 Å². The van der Waals surface area contributed by atoms with Crippen LogP contribution in [0, 0.1) is 11.3 Å². The summed E-state index contributed by atoms with van der Waals surface area (Å²) in [5.74, 6) is 0.0307. The first-order chi connectivity index (χ1) is 14.3. The number of benzene rings is 2. The Labute approximate surface area is 184 Å². The highest BCUT2D eigenvalue weighted by Crippen LogP contribution is 2.46. The number of ketones is 1. The molecule has 0 amide bonds. The molecule has 30 heavy (non-hydrogen) atoms. The van der Waals surface area contributed by atoms with Gasteiger partial charge in [-0.05, 0) is 58.6 Å². The van der Waals surface area contributed by atoms with Gasteiger partial charge in [0.2, 0.25) is 0 Å². The highest BCUT2D eigenvalue weighted by Gasteiger charge is 2.40. The average molecular weight is 463 g/mol. The van der Waals surface area contributed by atoms with Crippen molar-refractivity contribution in [1.82, 2.24) is 4.98 Å². The summed E-state index contributed by atoms with van der Waals surface area (Å²) in [7, 11) is 0. The molecule has 0 atom stereocenters. The molecule has 5 rings (SSSR count). The molecule has 0 spiro atoms. The first kappa shape index (κ1) is 19.3. The lowest BCUT2D eigenvalue weighted by molar-refractivity contribution is 0.103. The number of piperidine rings is 1. The number of nitriles is 1. The van der Waals surface area contributed by atoms with Gasteiger partial charge >= 0.3 is 0 Å². The van der Waals surface area contributed by atoms with Gasteiger partial charge in [0, 0.05) is 51.2 Å². The van der Waals surface area contributed by atoms with Crippen LogP contribution in [0.15, 0.2) is 34.8 Å². The van der Waals surface area contributed by atoms with Crippen LogP contribution in [-0.2, 0) is 5.41 Å². The zero-order valence-electron chi connectivity index (χ0n) is 17.1. The predicted octanol–water partition coefficient (Wildman–Crippen LogP) is 4.60. The van der Waals surface area contributed by atoms with Gasteiger partial charge < -0.3 is 15.6 Å². The van der Waals surface area contributed by atoms with Crippen LogP contribution in [0.2, 0.25) is 0 Å². The highest BCUT2D eigenvalue weighted by atomic mass is 79.9. The lowest BCUT2D eigenvalue weighted by Gasteiger charge is -2.36. The number of rotatable bonds is 1. The maximum atomic E-state index is 13.6. The molecule has 0 bridgehead atoms. The number of hydrogen-bond acceptors (Lipinski definition) is 4. The number of nitrogens with zero attached hydrogens (tertiary/aromatic N) is 2. The summed E-state index contributed by atoms with van der Waals surface area (Å²) < 4.78 is 0.941. The zero-order valence-corrected chi connectivity index (χ0v) is 18.6. The molecule has 0 unspecified atom stereocenters. The second kappa shape index (κ2) is 6.69. The lowest BCUT2D eigenvalue weighted by Crippen LogP contribution is -2.40. The molecule has 152 valence electrons. The molecular formula is C24H23BrN4O. The quantitative estimate of drug-likeness (QED) is 0.553. The van der Waals surface area contributed by atoms with Gasteiger partial charge in [-0.2, -0.15) is 5.26 Å². The van der Waals surface area contributed by atoms with E-state index in [-0.39, 0.29) is 17.2 Å². The molecule has 2 heterocycles. The van der Waals surface area contributed by atoms with Crippen LogP contribution in [-0.4, -0.2) is 29.9 Å². The van der Waals surface area contributed by atoms with Crippen molar-refractivity contribution in [3.05, 3.63) is 62.8 Å². The Morgan fingerprint density at radius 3 is 2.67 bits per heavy atom. The zero-order chi connectivity index (χ0) is 21.2. The highest BCUT2D eigenvalue weighted by molar-refractivity contribution is 9.10. The van der Waals surface area contributed by atoms with E-state index in [9.17, 15) is 10.1 Å². The van der Waals surface area contributed by atoms with Gasteiger partial charge in [0.1, 0.15) is 0 Å². The Morgan fingerprint density at radius 1 is 1.23 bits per heavy atom. The van der Waals surface area contributed by atoms with E-state index in [1.54, 1.807) is 6.07 Å². The Kier molecular flexibility index (Phi) is 4.32. The van der Waals surface area contributed by atoms with Crippen molar-refractivity contribution >= 4 is 38.3 Å². The SMILES string of the molecule is CC1(C)c2cc(N3CCC(N)CC3)c(Br)cc2C(=O)c2c1[nH]c1cc(C#N)ccc21. The minimum Gasteiger partial charge on any atom is -0.370 e. The number of aromatic nitrogens is 1. The average Bonchev–Trinajstić information content (AvgIpc) is 3.12. The Morgan fingerprint density at radius 2 is 1.97 bits per heavy atom. The first-order valence-corrected chi connectivity index (χ1v) is 11.1. The number of nitrogens with one attached hydrogen (secondary N) is 1. The van der Waals surface area contributed by atoms with Crippen LogP contribution >= 0.6 is 15.9 Å². The van der Waals surface area contributed by atoms with Gasteiger partial charge in [0.25, 0.3) is 0 Å². The van der Waals surface area contributed by atoms with E-state index in [0.717, 1.165) is 69.4 Å². The molecule has 2 aliphatic rings. The minimum atomic E-state index is -0.369. The van der Waals surface area contributed by atoms with Crippen molar-refractivity contribution in [3.63, 3.8) is 0 Å².